The topological polar surface area (TPSA) is 44.2 Å². The molecule has 0 radical (unpaired) electrons. The lowest BCUT2D eigenvalue weighted by molar-refractivity contribution is 0.200. The molecule has 2 rings (SSSR count). The second kappa shape index (κ2) is 5.83. The molecule has 1 aromatic heterocycles. The molecule has 0 amide bonds. The molecule has 7 heteroatoms. The van der Waals surface area contributed by atoms with Crippen LogP contribution in [0.5, 0.6) is 10.9 Å². The summed E-state index contributed by atoms with van der Waals surface area (Å²) in [5.41, 5.74) is 0. The number of aromatic nitrogens is 2. The second-order valence-electron chi connectivity index (χ2n) is 3.40. The van der Waals surface area contributed by atoms with Crippen molar-refractivity contribution < 1.29 is 18.3 Å². The Kier molecular flexibility index (Phi) is 4.16. The van der Waals surface area contributed by atoms with Gasteiger partial charge < -0.3 is 9.47 Å². The smallest absolute Gasteiger partial charge is 0.298 e. The summed E-state index contributed by atoms with van der Waals surface area (Å²) in [5.74, 6) is -0.876. The van der Waals surface area contributed by atoms with Gasteiger partial charge in [-0.1, -0.05) is 0 Å². The van der Waals surface area contributed by atoms with E-state index >= 15 is 0 Å². The molecule has 0 N–H and O–H groups in total. The number of benzene rings is 1. The van der Waals surface area contributed by atoms with E-state index in [0.29, 0.717) is 18.9 Å². The van der Waals surface area contributed by atoms with Gasteiger partial charge in [0.05, 0.1) is 6.61 Å². The van der Waals surface area contributed by atoms with E-state index in [2.05, 4.69) is 9.36 Å². The molecule has 0 aliphatic heterocycles. The Morgan fingerprint density at radius 1 is 1.33 bits per heavy atom. The summed E-state index contributed by atoms with van der Waals surface area (Å²) in [5, 5.41) is 0.172. The van der Waals surface area contributed by atoms with Crippen LogP contribution >= 0.6 is 11.5 Å². The van der Waals surface area contributed by atoms with Gasteiger partial charge in [0.15, 0.2) is 11.6 Å². The zero-order chi connectivity index (χ0) is 13.0. The quantitative estimate of drug-likeness (QED) is 0.839. The molecule has 0 aliphatic rings. The molecule has 18 heavy (non-hydrogen) atoms. The lowest BCUT2D eigenvalue weighted by Crippen LogP contribution is -1.96. The highest BCUT2D eigenvalue weighted by atomic mass is 32.1. The van der Waals surface area contributed by atoms with Gasteiger partial charge in [-0.05, 0) is 12.1 Å². The summed E-state index contributed by atoms with van der Waals surface area (Å²) in [4.78, 5) is 4.03. The number of ether oxygens (including phenoxy) is 2. The van der Waals surface area contributed by atoms with Crippen molar-refractivity contribution in [2.75, 3.05) is 13.7 Å². The predicted molar refractivity (Wildman–Crippen MR) is 61.9 cm³/mol. The van der Waals surface area contributed by atoms with Crippen LogP contribution in [0.25, 0.3) is 0 Å². The van der Waals surface area contributed by atoms with Gasteiger partial charge in [0, 0.05) is 31.1 Å². The lowest BCUT2D eigenvalue weighted by Gasteiger charge is -2.02. The van der Waals surface area contributed by atoms with Crippen molar-refractivity contribution in [2.45, 2.75) is 6.42 Å². The van der Waals surface area contributed by atoms with E-state index in [1.807, 2.05) is 0 Å². The van der Waals surface area contributed by atoms with Crippen molar-refractivity contribution in [2.24, 2.45) is 0 Å². The van der Waals surface area contributed by atoms with E-state index in [-0.39, 0.29) is 10.9 Å². The number of hydrogen-bond acceptors (Lipinski definition) is 5. The third kappa shape index (κ3) is 3.21. The SMILES string of the molecule is COCCc1nsc(Oc2cc(F)ccc2F)n1. The van der Waals surface area contributed by atoms with Crippen LogP contribution in [0, 0.1) is 11.6 Å². The number of nitrogens with zero attached hydrogens (tertiary/aromatic N) is 2. The van der Waals surface area contributed by atoms with E-state index in [0.717, 1.165) is 29.7 Å². The summed E-state index contributed by atoms with van der Waals surface area (Å²) >= 11 is 0.981. The van der Waals surface area contributed by atoms with Crippen molar-refractivity contribution >= 4 is 11.5 Å². The van der Waals surface area contributed by atoms with Gasteiger partial charge in [-0.3, -0.25) is 0 Å². The number of halogens is 2. The van der Waals surface area contributed by atoms with Crippen molar-refractivity contribution in [3.63, 3.8) is 0 Å². The Hall–Kier alpha value is -1.60. The maximum atomic E-state index is 13.3. The first-order chi connectivity index (χ1) is 8.69. The Bertz CT molecular complexity index is 534. The third-order valence-corrected chi connectivity index (χ3v) is 2.70. The Morgan fingerprint density at radius 2 is 2.17 bits per heavy atom. The van der Waals surface area contributed by atoms with E-state index < -0.39 is 11.6 Å². The number of hydrogen-bond donors (Lipinski definition) is 0. The van der Waals surface area contributed by atoms with Gasteiger partial charge in [-0.2, -0.15) is 9.36 Å². The average molecular weight is 272 g/mol. The molecule has 96 valence electrons. The van der Waals surface area contributed by atoms with Gasteiger partial charge in [0.1, 0.15) is 11.6 Å². The maximum Gasteiger partial charge on any atom is 0.298 e. The molecule has 0 atom stereocenters. The van der Waals surface area contributed by atoms with Crippen molar-refractivity contribution in [1.82, 2.24) is 9.36 Å². The Morgan fingerprint density at radius 3 is 2.94 bits per heavy atom. The van der Waals surface area contributed by atoms with E-state index in [1.54, 1.807) is 7.11 Å². The summed E-state index contributed by atoms with van der Waals surface area (Å²) in [6.07, 6.45) is 0.544. The van der Waals surface area contributed by atoms with Crippen LogP contribution in [0.2, 0.25) is 0 Å². The van der Waals surface area contributed by atoms with Crippen molar-refractivity contribution in [1.29, 1.82) is 0 Å². The molecular weight excluding hydrogens is 262 g/mol. The van der Waals surface area contributed by atoms with Crippen LogP contribution in [-0.4, -0.2) is 23.1 Å². The molecule has 0 aliphatic carbocycles. The normalized spacial score (nSPS) is 10.6. The van der Waals surface area contributed by atoms with E-state index in [9.17, 15) is 8.78 Å². The fraction of sp³-hybridized carbons (Fsp3) is 0.273. The summed E-state index contributed by atoms with van der Waals surface area (Å²) in [6, 6.07) is 2.98. The molecular formula is C11H10F2N2O2S. The van der Waals surface area contributed by atoms with E-state index in [1.165, 1.54) is 0 Å². The monoisotopic (exact) mass is 272 g/mol. The summed E-state index contributed by atoms with van der Waals surface area (Å²) < 4.78 is 40.3. The zero-order valence-corrected chi connectivity index (χ0v) is 10.3. The van der Waals surface area contributed by atoms with Gasteiger partial charge >= 0.3 is 0 Å². The van der Waals surface area contributed by atoms with Gasteiger partial charge in [-0.25, -0.2) is 8.78 Å². The Labute approximate surface area is 106 Å². The number of methoxy groups -OCH3 is 1. The minimum atomic E-state index is -0.648. The van der Waals surface area contributed by atoms with Crippen LogP contribution < -0.4 is 4.74 Å². The summed E-state index contributed by atoms with van der Waals surface area (Å²) in [6.45, 7) is 0.491. The minimum absolute atomic E-state index is 0.172. The summed E-state index contributed by atoms with van der Waals surface area (Å²) in [7, 11) is 1.58. The van der Waals surface area contributed by atoms with Crippen molar-refractivity contribution in [3.8, 4) is 10.9 Å². The van der Waals surface area contributed by atoms with Gasteiger partial charge in [0.25, 0.3) is 5.19 Å². The maximum absolute atomic E-state index is 13.3. The zero-order valence-electron chi connectivity index (χ0n) is 9.52. The van der Waals surface area contributed by atoms with Gasteiger partial charge in [0.2, 0.25) is 0 Å². The molecule has 0 saturated heterocycles. The highest BCUT2D eigenvalue weighted by Crippen LogP contribution is 2.26. The molecule has 2 aromatic rings. The van der Waals surface area contributed by atoms with Crippen molar-refractivity contribution in [3.05, 3.63) is 35.7 Å². The highest BCUT2D eigenvalue weighted by Gasteiger charge is 2.10. The fourth-order valence-corrected chi connectivity index (χ4v) is 1.81. The molecule has 0 unspecified atom stereocenters. The average Bonchev–Trinajstić information content (AvgIpc) is 2.79. The highest BCUT2D eigenvalue weighted by molar-refractivity contribution is 7.07. The van der Waals surface area contributed by atoms with Crippen LogP contribution in [0.15, 0.2) is 18.2 Å². The fourth-order valence-electron chi connectivity index (χ4n) is 1.22. The van der Waals surface area contributed by atoms with Gasteiger partial charge in [-0.15, -0.1) is 0 Å². The minimum Gasteiger partial charge on any atom is -0.427 e. The first-order valence-corrected chi connectivity index (χ1v) is 5.91. The molecule has 0 fully saturated rings. The van der Waals surface area contributed by atoms with Crippen LogP contribution in [0.1, 0.15) is 5.82 Å². The molecule has 4 nitrogen and oxygen atoms in total. The van der Waals surface area contributed by atoms with Crippen LogP contribution in [0.3, 0.4) is 0 Å². The third-order valence-electron chi connectivity index (χ3n) is 2.07. The predicted octanol–water partition coefficient (Wildman–Crippen LogP) is 2.80. The molecule has 0 spiro atoms. The molecule has 1 heterocycles. The first kappa shape index (κ1) is 12.8. The molecule has 0 saturated carbocycles. The van der Waals surface area contributed by atoms with Crippen LogP contribution in [0.4, 0.5) is 8.78 Å². The Balaban J connectivity index is 2.08. The largest absolute Gasteiger partial charge is 0.427 e. The molecule has 0 bridgehead atoms. The number of rotatable bonds is 5. The first-order valence-electron chi connectivity index (χ1n) is 5.13. The van der Waals surface area contributed by atoms with E-state index in [4.69, 9.17) is 9.47 Å². The standard InChI is InChI=1S/C11H10F2N2O2S/c1-16-5-4-10-14-11(18-15-10)17-9-6-7(12)2-3-8(9)13/h2-3,6H,4-5H2,1H3. The second-order valence-corrected chi connectivity index (χ2v) is 4.11. The van der Waals surface area contributed by atoms with Crippen LogP contribution in [-0.2, 0) is 11.2 Å². The molecule has 1 aromatic carbocycles. The lowest BCUT2D eigenvalue weighted by atomic mass is 10.3.